The van der Waals surface area contributed by atoms with Gasteiger partial charge in [-0.3, -0.25) is 10.00 Å². The van der Waals surface area contributed by atoms with Crippen LogP contribution in [0.15, 0.2) is 6.33 Å². The standard InChI is InChI=1S/C13H25N5O/c1-4-17(5-2)6-7-18-9-11(19-3)8-12(18)13-14-10-15-16-13/h10-12H,4-9H2,1-3H3,(H,14,15,16)/t11-,12+/m1/s1. The van der Waals surface area contributed by atoms with E-state index < -0.39 is 0 Å². The molecule has 1 saturated heterocycles. The summed E-state index contributed by atoms with van der Waals surface area (Å²) in [5.41, 5.74) is 0. The number of likely N-dealkylation sites (tertiary alicyclic amines) is 1. The number of likely N-dealkylation sites (N-methyl/N-ethyl adjacent to an activating group) is 1. The predicted octanol–water partition coefficient (Wildman–Crippen LogP) is 0.908. The number of methoxy groups -OCH3 is 1. The molecule has 19 heavy (non-hydrogen) atoms. The maximum Gasteiger partial charge on any atom is 0.141 e. The molecule has 0 aliphatic carbocycles. The summed E-state index contributed by atoms with van der Waals surface area (Å²) in [5, 5.41) is 6.96. The monoisotopic (exact) mass is 267 g/mol. The number of hydrogen-bond acceptors (Lipinski definition) is 5. The minimum Gasteiger partial charge on any atom is -0.380 e. The lowest BCUT2D eigenvalue weighted by Crippen LogP contribution is -2.35. The minimum absolute atomic E-state index is 0.298. The molecule has 1 aromatic rings. The summed E-state index contributed by atoms with van der Waals surface area (Å²) in [4.78, 5) is 9.20. The van der Waals surface area contributed by atoms with Gasteiger partial charge in [-0.2, -0.15) is 5.10 Å². The molecule has 0 saturated carbocycles. The quantitative estimate of drug-likeness (QED) is 0.796. The molecule has 1 aromatic heterocycles. The molecular weight excluding hydrogens is 242 g/mol. The van der Waals surface area contributed by atoms with Crippen LogP contribution in [0, 0.1) is 0 Å². The smallest absolute Gasteiger partial charge is 0.141 e. The number of hydrogen-bond donors (Lipinski definition) is 1. The van der Waals surface area contributed by atoms with E-state index in [-0.39, 0.29) is 0 Å². The van der Waals surface area contributed by atoms with Crippen molar-refractivity contribution in [3.05, 3.63) is 12.2 Å². The summed E-state index contributed by atoms with van der Waals surface area (Å²) in [5.74, 6) is 0.957. The zero-order chi connectivity index (χ0) is 13.7. The largest absolute Gasteiger partial charge is 0.380 e. The Morgan fingerprint density at radius 3 is 2.84 bits per heavy atom. The zero-order valence-corrected chi connectivity index (χ0v) is 12.2. The third kappa shape index (κ3) is 3.52. The van der Waals surface area contributed by atoms with E-state index in [0.717, 1.165) is 45.0 Å². The lowest BCUT2D eigenvalue weighted by atomic mass is 10.2. The van der Waals surface area contributed by atoms with E-state index in [0.29, 0.717) is 12.1 Å². The summed E-state index contributed by atoms with van der Waals surface area (Å²) in [6, 6.07) is 0.308. The highest BCUT2D eigenvalue weighted by atomic mass is 16.5. The van der Waals surface area contributed by atoms with Crippen molar-refractivity contribution in [1.29, 1.82) is 0 Å². The Morgan fingerprint density at radius 1 is 1.47 bits per heavy atom. The Balaban J connectivity index is 1.96. The van der Waals surface area contributed by atoms with Gasteiger partial charge >= 0.3 is 0 Å². The lowest BCUT2D eigenvalue weighted by molar-refractivity contribution is 0.106. The highest BCUT2D eigenvalue weighted by Crippen LogP contribution is 2.30. The summed E-state index contributed by atoms with van der Waals surface area (Å²) in [6.07, 6.45) is 2.87. The molecule has 0 spiro atoms. The first-order valence-electron chi connectivity index (χ1n) is 7.12. The van der Waals surface area contributed by atoms with E-state index >= 15 is 0 Å². The van der Waals surface area contributed by atoms with Gasteiger partial charge in [0.2, 0.25) is 0 Å². The SMILES string of the molecule is CCN(CC)CCN1C[C@H](OC)C[C@H]1c1ncn[nH]1. The maximum atomic E-state index is 5.51. The van der Waals surface area contributed by atoms with E-state index in [4.69, 9.17) is 4.74 Å². The van der Waals surface area contributed by atoms with Gasteiger partial charge in [0.25, 0.3) is 0 Å². The summed E-state index contributed by atoms with van der Waals surface area (Å²) >= 11 is 0. The molecule has 1 aliphatic heterocycles. The highest BCUT2D eigenvalue weighted by Gasteiger charge is 2.34. The van der Waals surface area contributed by atoms with Crippen LogP contribution >= 0.6 is 0 Å². The molecule has 2 heterocycles. The Hall–Kier alpha value is -0.980. The van der Waals surface area contributed by atoms with Crippen LogP contribution < -0.4 is 0 Å². The fourth-order valence-electron chi connectivity index (χ4n) is 2.75. The van der Waals surface area contributed by atoms with Crippen molar-refractivity contribution in [3.63, 3.8) is 0 Å². The number of aromatic amines is 1. The molecule has 2 atom stereocenters. The molecule has 0 amide bonds. The van der Waals surface area contributed by atoms with Gasteiger partial charge in [-0.15, -0.1) is 0 Å². The number of nitrogens with one attached hydrogen (secondary N) is 1. The summed E-state index contributed by atoms with van der Waals surface area (Å²) in [7, 11) is 1.79. The van der Waals surface area contributed by atoms with E-state index in [1.807, 2.05) is 0 Å². The second-order valence-corrected chi connectivity index (χ2v) is 5.00. The third-order valence-corrected chi connectivity index (χ3v) is 4.05. The molecule has 1 fully saturated rings. The zero-order valence-electron chi connectivity index (χ0n) is 12.2. The van der Waals surface area contributed by atoms with Crippen molar-refractivity contribution < 1.29 is 4.74 Å². The normalized spacial score (nSPS) is 24.4. The number of H-pyrrole nitrogens is 1. The predicted molar refractivity (Wildman–Crippen MR) is 73.9 cm³/mol. The summed E-state index contributed by atoms with van der Waals surface area (Å²) < 4.78 is 5.51. The number of aromatic nitrogens is 3. The second-order valence-electron chi connectivity index (χ2n) is 5.00. The van der Waals surface area contributed by atoms with Gasteiger partial charge < -0.3 is 9.64 Å². The van der Waals surface area contributed by atoms with Crippen molar-refractivity contribution >= 4 is 0 Å². The van der Waals surface area contributed by atoms with Crippen LogP contribution in [-0.2, 0) is 4.74 Å². The highest BCUT2D eigenvalue weighted by molar-refractivity contribution is 4.99. The van der Waals surface area contributed by atoms with Gasteiger partial charge in [0, 0.05) is 26.7 Å². The van der Waals surface area contributed by atoms with E-state index in [1.54, 1.807) is 13.4 Å². The van der Waals surface area contributed by atoms with Crippen LogP contribution in [0.3, 0.4) is 0 Å². The Labute approximate surface area is 115 Å². The van der Waals surface area contributed by atoms with E-state index in [9.17, 15) is 0 Å². The molecule has 2 rings (SSSR count). The van der Waals surface area contributed by atoms with Crippen molar-refractivity contribution in [2.24, 2.45) is 0 Å². The van der Waals surface area contributed by atoms with Gasteiger partial charge in [0.15, 0.2) is 0 Å². The fraction of sp³-hybridized carbons (Fsp3) is 0.846. The topological polar surface area (TPSA) is 57.3 Å². The number of rotatable bonds is 7. The number of ether oxygens (including phenoxy) is 1. The van der Waals surface area contributed by atoms with Crippen LogP contribution in [0.2, 0.25) is 0 Å². The Morgan fingerprint density at radius 2 is 2.26 bits per heavy atom. The van der Waals surface area contributed by atoms with Crippen LogP contribution in [0.5, 0.6) is 0 Å². The molecule has 0 unspecified atom stereocenters. The Bertz CT molecular complexity index is 352. The molecule has 0 radical (unpaired) electrons. The molecule has 108 valence electrons. The van der Waals surface area contributed by atoms with Crippen molar-refractivity contribution in [2.45, 2.75) is 32.4 Å². The third-order valence-electron chi connectivity index (χ3n) is 4.05. The Kier molecular flexibility index (Phi) is 5.30. The average molecular weight is 267 g/mol. The van der Waals surface area contributed by atoms with Gasteiger partial charge in [0.05, 0.1) is 12.1 Å². The first-order chi connectivity index (χ1) is 9.28. The maximum absolute atomic E-state index is 5.51. The molecule has 6 heteroatoms. The summed E-state index contributed by atoms with van der Waals surface area (Å²) in [6.45, 7) is 9.74. The molecular formula is C13H25N5O. The van der Waals surface area contributed by atoms with E-state index in [2.05, 4.69) is 38.8 Å². The minimum atomic E-state index is 0.298. The van der Waals surface area contributed by atoms with Crippen molar-refractivity contribution in [2.75, 3.05) is 39.8 Å². The van der Waals surface area contributed by atoms with E-state index in [1.165, 1.54) is 0 Å². The van der Waals surface area contributed by atoms with Crippen LogP contribution in [0.25, 0.3) is 0 Å². The van der Waals surface area contributed by atoms with Crippen molar-refractivity contribution in [1.82, 2.24) is 25.0 Å². The van der Waals surface area contributed by atoms with Gasteiger partial charge in [-0.05, 0) is 19.5 Å². The molecule has 1 aliphatic rings. The molecule has 0 aromatic carbocycles. The second kappa shape index (κ2) is 6.98. The molecule has 0 bridgehead atoms. The number of nitrogens with zero attached hydrogens (tertiary/aromatic N) is 4. The lowest BCUT2D eigenvalue weighted by Gasteiger charge is -2.26. The van der Waals surface area contributed by atoms with Crippen LogP contribution in [0.1, 0.15) is 32.1 Å². The fourth-order valence-corrected chi connectivity index (χ4v) is 2.75. The molecule has 6 nitrogen and oxygen atoms in total. The molecule has 1 N–H and O–H groups in total. The first kappa shape index (κ1) is 14.4. The first-order valence-corrected chi connectivity index (χ1v) is 7.12. The van der Waals surface area contributed by atoms with Gasteiger partial charge in [0.1, 0.15) is 12.2 Å². The van der Waals surface area contributed by atoms with Crippen LogP contribution in [0.4, 0.5) is 0 Å². The van der Waals surface area contributed by atoms with Gasteiger partial charge in [-0.1, -0.05) is 13.8 Å². The van der Waals surface area contributed by atoms with Crippen molar-refractivity contribution in [3.8, 4) is 0 Å². The van der Waals surface area contributed by atoms with Crippen LogP contribution in [-0.4, -0.2) is 70.9 Å². The average Bonchev–Trinajstić information content (AvgIpc) is 3.08. The van der Waals surface area contributed by atoms with Gasteiger partial charge in [-0.25, -0.2) is 4.98 Å².